The van der Waals surface area contributed by atoms with Crippen molar-refractivity contribution in [3.05, 3.63) is 102 Å². The standard InChI is InChI=1S/C15H17NO.C11H12N2O2.ClH/c16-11-10-13-6-8-15(9-7-13)17-12-14-4-2-1-3-5-14;12-9(11(14)15)5-7-6-13-10-4-2-1-3-8(7)10;/h1-9H,10-12,16H2;1-4,6,9,13H,5,12H2,(H,14,15);1H/t;9-;/m.0./s1. The van der Waals surface area contributed by atoms with Gasteiger partial charge in [0.2, 0.25) is 0 Å². The molecule has 174 valence electrons. The molecule has 1 heterocycles. The van der Waals surface area contributed by atoms with Gasteiger partial charge in [0.15, 0.2) is 0 Å². The van der Waals surface area contributed by atoms with Crippen molar-refractivity contribution in [1.29, 1.82) is 0 Å². The molecule has 0 saturated carbocycles. The molecule has 1 atom stereocenters. The minimum atomic E-state index is -0.972. The van der Waals surface area contributed by atoms with Gasteiger partial charge in [-0.15, -0.1) is 12.4 Å². The van der Waals surface area contributed by atoms with E-state index in [0.29, 0.717) is 19.6 Å². The Morgan fingerprint density at radius 1 is 0.939 bits per heavy atom. The minimum absolute atomic E-state index is 0. The van der Waals surface area contributed by atoms with Gasteiger partial charge in [-0.2, -0.15) is 0 Å². The molecule has 3 aromatic carbocycles. The van der Waals surface area contributed by atoms with Gasteiger partial charge >= 0.3 is 5.97 Å². The Kier molecular flexibility index (Phi) is 10.4. The molecule has 7 heteroatoms. The summed E-state index contributed by atoms with van der Waals surface area (Å²) in [6, 6.07) is 25.2. The molecule has 0 spiro atoms. The van der Waals surface area contributed by atoms with E-state index < -0.39 is 12.0 Å². The van der Waals surface area contributed by atoms with E-state index in [9.17, 15) is 4.79 Å². The van der Waals surface area contributed by atoms with Crippen LogP contribution in [-0.2, 0) is 24.2 Å². The van der Waals surface area contributed by atoms with E-state index in [2.05, 4.69) is 29.2 Å². The molecule has 0 aliphatic rings. The summed E-state index contributed by atoms with van der Waals surface area (Å²) in [6.07, 6.45) is 3.08. The summed E-state index contributed by atoms with van der Waals surface area (Å²) in [7, 11) is 0. The fourth-order valence-corrected chi connectivity index (χ4v) is 3.28. The maximum atomic E-state index is 10.6. The second kappa shape index (κ2) is 13.3. The van der Waals surface area contributed by atoms with E-state index in [1.807, 2.05) is 60.8 Å². The molecule has 0 amide bonds. The van der Waals surface area contributed by atoms with Crippen molar-refractivity contribution in [2.75, 3.05) is 6.54 Å². The highest BCUT2D eigenvalue weighted by Gasteiger charge is 2.14. The number of nitrogens with one attached hydrogen (secondary N) is 1. The van der Waals surface area contributed by atoms with E-state index in [1.54, 1.807) is 0 Å². The third-order valence-electron chi connectivity index (χ3n) is 5.04. The predicted molar refractivity (Wildman–Crippen MR) is 135 cm³/mol. The molecule has 0 saturated heterocycles. The van der Waals surface area contributed by atoms with Crippen molar-refractivity contribution < 1.29 is 14.6 Å². The second-order valence-corrected chi connectivity index (χ2v) is 7.47. The van der Waals surface area contributed by atoms with Crippen LogP contribution in [0.1, 0.15) is 16.7 Å². The molecule has 6 nitrogen and oxygen atoms in total. The zero-order valence-corrected chi connectivity index (χ0v) is 19.1. The number of rotatable bonds is 8. The van der Waals surface area contributed by atoms with Gasteiger partial charge in [-0.1, -0.05) is 60.7 Å². The molecular formula is C26H30ClN3O3. The highest BCUT2D eigenvalue weighted by molar-refractivity contribution is 5.85. The summed E-state index contributed by atoms with van der Waals surface area (Å²) >= 11 is 0. The smallest absolute Gasteiger partial charge is 0.320 e. The number of aromatic amines is 1. The second-order valence-electron chi connectivity index (χ2n) is 7.47. The van der Waals surface area contributed by atoms with Crippen LogP contribution >= 0.6 is 12.4 Å². The molecule has 4 rings (SSSR count). The largest absolute Gasteiger partial charge is 0.489 e. The lowest BCUT2D eigenvalue weighted by Crippen LogP contribution is -2.32. The summed E-state index contributed by atoms with van der Waals surface area (Å²) in [5.74, 6) is -0.0742. The van der Waals surface area contributed by atoms with Crippen LogP contribution in [0.3, 0.4) is 0 Å². The molecule has 1 aromatic heterocycles. The molecule has 6 N–H and O–H groups in total. The van der Waals surface area contributed by atoms with Gasteiger partial charge in [0.05, 0.1) is 0 Å². The third kappa shape index (κ3) is 7.95. The van der Waals surface area contributed by atoms with Gasteiger partial charge in [0.25, 0.3) is 0 Å². The van der Waals surface area contributed by atoms with Crippen LogP contribution in [0.4, 0.5) is 0 Å². The number of ether oxygens (including phenoxy) is 1. The Morgan fingerprint density at radius 2 is 1.61 bits per heavy atom. The van der Waals surface area contributed by atoms with Gasteiger partial charge in [-0.25, -0.2) is 0 Å². The van der Waals surface area contributed by atoms with Crippen LogP contribution in [0.25, 0.3) is 10.9 Å². The van der Waals surface area contributed by atoms with Crippen LogP contribution in [-0.4, -0.2) is 28.6 Å². The number of aromatic nitrogens is 1. The Hall–Kier alpha value is -3.32. The highest BCUT2D eigenvalue weighted by atomic mass is 35.5. The third-order valence-corrected chi connectivity index (χ3v) is 5.04. The first-order valence-electron chi connectivity index (χ1n) is 10.6. The van der Waals surface area contributed by atoms with Gasteiger partial charge in [-0.05, 0) is 47.9 Å². The van der Waals surface area contributed by atoms with Gasteiger partial charge in [-0.3, -0.25) is 4.79 Å². The lowest BCUT2D eigenvalue weighted by Gasteiger charge is -2.07. The number of carbonyl (C=O) groups is 1. The zero-order valence-electron chi connectivity index (χ0n) is 18.3. The first-order valence-corrected chi connectivity index (χ1v) is 10.6. The number of aliphatic carboxylic acids is 1. The number of para-hydroxylation sites is 1. The molecule has 0 radical (unpaired) electrons. The van der Waals surface area contributed by atoms with Crippen LogP contribution in [0.15, 0.2) is 85.1 Å². The minimum Gasteiger partial charge on any atom is -0.489 e. The number of fused-ring (bicyclic) bond motifs is 1. The average Bonchev–Trinajstić information content (AvgIpc) is 3.23. The number of carboxylic acid groups (broad SMARTS) is 1. The maximum Gasteiger partial charge on any atom is 0.320 e. The zero-order chi connectivity index (χ0) is 22.8. The van der Waals surface area contributed by atoms with E-state index in [1.165, 1.54) is 11.1 Å². The normalized spacial score (nSPS) is 11.1. The molecule has 0 unspecified atom stereocenters. The van der Waals surface area contributed by atoms with Gasteiger partial charge < -0.3 is 26.3 Å². The molecule has 4 aromatic rings. The molecule has 0 bridgehead atoms. The number of halogens is 1. The molecule has 0 fully saturated rings. The van der Waals surface area contributed by atoms with Gasteiger partial charge in [0, 0.05) is 23.5 Å². The predicted octanol–water partition coefficient (Wildman–Crippen LogP) is 4.31. The monoisotopic (exact) mass is 467 g/mol. The Bertz CT molecular complexity index is 1110. The van der Waals surface area contributed by atoms with Crippen molar-refractivity contribution in [3.63, 3.8) is 0 Å². The van der Waals surface area contributed by atoms with E-state index in [4.69, 9.17) is 21.3 Å². The number of benzene rings is 3. The van der Waals surface area contributed by atoms with Crippen LogP contribution in [0.2, 0.25) is 0 Å². The number of carboxylic acids is 1. The number of hydrogen-bond donors (Lipinski definition) is 4. The summed E-state index contributed by atoms with van der Waals surface area (Å²) in [5, 5.41) is 9.75. The lowest BCUT2D eigenvalue weighted by molar-refractivity contribution is -0.138. The van der Waals surface area contributed by atoms with E-state index in [0.717, 1.165) is 28.6 Å². The van der Waals surface area contributed by atoms with Crippen LogP contribution in [0, 0.1) is 0 Å². The fourth-order valence-electron chi connectivity index (χ4n) is 3.28. The fraction of sp³-hybridized carbons (Fsp3) is 0.192. The number of nitrogens with two attached hydrogens (primary N) is 2. The molecule has 33 heavy (non-hydrogen) atoms. The quantitative estimate of drug-likeness (QED) is 0.308. The van der Waals surface area contributed by atoms with E-state index >= 15 is 0 Å². The summed E-state index contributed by atoms with van der Waals surface area (Å²) in [5.41, 5.74) is 15.4. The highest BCUT2D eigenvalue weighted by Crippen LogP contribution is 2.18. The van der Waals surface area contributed by atoms with Crippen molar-refractivity contribution in [1.82, 2.24) is 4.98 Å². The van der Waals surface area contributed by atoms with Crippen molar-refractivity contribution >= 4 is 29.3 Å². The van der Waals surface area contributed by atoms with Crippen molar-refractivity contribution in [2.24, 2.45) is 11.5 Å². The maximum absolute atomic E-state index is 10.6. The number of hydrogen-bond acceptors (Lipinski definition) is 4. The molecular weight excluding hydrogens is 438 g/mol. The summed E-state index contributed by atoms with van der Waals surface area (Å²) in [4.78, 5) is 13.7. The Morgan fingerprint density at radius 3 is 2.27 bits per heavy atom. The molecule has 0 aliphatic heterocycles. The van der Waals surface area contributed by atoms with Crippen molar-refractivity contribution in [3.8, 4) is 5.75 Å². The first kappa shape index (κ1) is 25.9. The SMILES string of the molecule is Cl.NCCc1ccc(OCc2ccccc2)cc1.N[C@@H](Cc1c[nH]c2ccccc12)C(=O)O. The Balaban J connectivity index is 0.000000228. The Labute approximate surface area is 200 Å². The average molecular weight is 468 g/mol. The van der Waals surface area contributed by atoms with Crippen molar-refractivity contribution in [2.45, 2.75) is 25.5 Å². The van der Waals surface area contributed by atoms with Gasteiger partial charge in [0.1, 0.15) is 18.4 Å². The summed E-state index contributed by atoms with van der Waals surface area (Å²) in [6.45, 7) is 1.29. The van der Waals surface area contributed by atoms with E-state index in [-0.39, 0.29) is 12.4 Å². The van der Waals surface area contributed by atoms with Crippen LogP contribution < -0.4 is 16.2 Å². The lowest BCUT2D eigenvalue weighted by atomic mass is 10.1. The first-order chi connectivity index (χ1) is 15.6. The molecule has 0 aliphatic carbocycles. The number of H-pyrrole nitrogens is 1. The van der Waals surface area contributed by atoms with Crippen LogP contribution in [0.5, 0.6) is 5.75 Å². The topological polar surface area (TPSA) is 114 Å². The summed E-state index contributed by atoms with van der Waals surface area (Å²) < 4.78 is 5.69.